The van der Waals surface area contributed by atoms with Gasteiger partial charge in [0.25, 0.3) is 5.69 Å². The Kier molecular flexibility index (Phi) is 6.25. The van der Waals surface area contributed by atoms with Crippen LogP contribution in [0.2, 0.25) is 5.02 Å². The van der Waals surface area contributed by atoms with Gasteiger partial charge in [0.2, 0.25) is 0 Å². The summed E-state index contributed by atoms with van der Waals surface area (Å²) < 4.78 is 0. The maximum atomic E-state index is 10.7. The van der Waals surface area contributed by atoms with Crippen LogP contribution in [-0.2, 0) is 6.54 Å². The second-order valence-electron chi connectivity index (χ2n) is 5.06. The van der Waals surface area contributed by atoms with E-state index in [0.717, 1.165) is 18.4 Å². The van der Waals surface area contributed by atoms with Gasteiger partial charge >= 0.3 is 0 Å². The minimum atomic E-state index is -0.400. The van der Waals surface area contributed by atoms with Crippen LogP contribution in [-0.4, -0.2) is 11.0 Å². The molecule has 106 valence electrons. The molecule has 0 heterocycles. The summed E-state index contributed by atoms with van der Waals surface area (Å²) in [7, 11) is 0. The minimum Gasteiger partial charge on any atom is -0.310 e. The van der Waals surface area contributed by atoms with E-state index in [0.29, 0.717) is 23.5 Å². The smallest absolute Gasteiger partial charge is 0.269 e. The van der Waals surface area contributed by atoms with E-state index in [1.807, 2.05) is 0 Å². The number of nitro groups is 1. The van der Waals surface area contributed by atoms with Gasteiger partial charge in [-0.25, -0.2) is 0 Å². The highest BCUT2D eigenvalue weighted by molar-refractivity contribution is 6.31. The Balaban J connectivity index is 2.61. The summed E-state index contributed by atoms with van der Waals surface area (Å²) in [6, 6.07) is 4.90. The average Bonchev–Trinajstić information content (AvgIpc) is 2.37. The maximum absolute atomic E-state index is 10.7. The van der Waals surface area contributed by atoms with Crippen molar-refractivity contribution in [3.63, 3.8) is 0 Å². The van der Waals surface area contributed by atoms with Gasteiger partial charge in [-0.1, -0.05) is 31.9 Å². The van der Waals surface area contributed by atoms with E-state index in [9.17, 15) is 10.1 Å². The average molecular weight is 285 g/mol. The summed E-state index contributed by atoms with van der Waals surface area (Å²) in [4.78, 5) is 10.3. The molecule has 1 aromatic carbocycles. The van der Waals surface area contributed by atoms with Crippen molar-refractivity contribution in [3.8, 4) is 0 Å². The number of nitrogens with one attached hydrogen (secondary N) is 1. The monoisotopic (exact) mass is 284 g/mol. The zero-order valence-corrected chi connectivity index (χ0v) is 12.4. The number of benzene rings is 1. The third kappa shape index (κ3) is 5.17. The lowest BCUT2D eigenvalue weighted by atomic mass is 10.0. The van der Waals surface area contributed by atoms with Crippen molar-refractivity contribution in [1.82, 2.24) is 5.32 Å². The highest BCUT2D eigenvalue weighted by Crippen LogP contribution is 2.22. The van der Waals surface area contributed by atoms with E-state index in [2.05, 4.69) is 26.1 Å². The maximum Gasteiger partial charge on any atom is 0.269 e. The van der Waals surface area contributed by atoms with E-state index in [4.69, 9.17) is 11.6 Å². The molecule has 5 heteroatoms. The number of non-ortho nitro benzene ring substituents is 1. The number of halogens is 1. The number of hydrogen-bond acceptors (Lipinski definition) is 3. The van der Waals surface area contributed by atoms with E-state index >= 15 is 0 Å². The van der Waals surface area contributed by atoms with Crippen molar-refractivity contribution in [1.29, 1.82) is 0 Å². The summed E-state index contributed by atoms with van der Waals surface area (Å²) in [5.41, 5.74) is 0.850. The molecule has 0 amide bonds. The van der Waals surface area contributed by atoms with Crippen LogP contribution in [0, 0.1) is 16.0 Å². The molecule has 1 rings (SSSR count). The summed E-state index contributed by atoms with van der Waals surface area (Å²) in [6.45, 7) is 7.07. The fourth-order valence-electron chi connectivity index (χ4n) is 1.95. The van der Waals surface area contributed by atoms with Gasteiger partial charge in [-0.05, 0) is 30.9 Å². The summed E-state index contributed by atoms with van der Waals surface area (Å²) in [5, 5.41) is 14.7. The zero-order valence-electron chi connectivity index (χ0n) is 11.6. The molecule has 0 radical (unpaired) electrons. The molecule has 0 saturated carbocycles. The van der Waals surface area contributed by atoms with Crippen LogP contribution in [0.1, 0.15) is 39.2 Å². The highest BCUT2D eigenvalue weighted by atomic mass is 35.5. The van der Waals surface area contributed by atoms with Crippen LogP contribution in [0.3, 0.4) is 0 Å². The Morgan fingerprint density at radius 1 is 1.42 bits per heavy atom. The van der Waals surface area contributed by atoms with Gasteiger partial charge in [0.05, 0.1) is 4.92 Å². The Bertz CT molecular complexity index is 437. The SMILES string of the molecule is CCC(C)CC(C)NCc1cc([N+](=O)[O-])ccc1Cl. The normalized spacial score (nSPS) is 14.1. The number of rotatable bonds is 7. The van der Waals surface area contributed by atoms with Gasteiger partial charge in [-0.2, -0.15) is 0 Å². The van der Waals surface area contributed by atoms with E-state index in [1.54, 1.807) is 6.07 Å². The zero-order chi connectivity index (χ0) is 14.4. The first kappa shape index (κ1) is 15.9. The predicted octanol–water partition coefficient (Wildman–Crippen LogP) is 4.16. The van der Waals surface area contributed by atoms with Crippen molar-refractivity contribution in [2.75, 3.05) is 0 Å². The first-order chi connectivity index (χ1) is 8.93. The highest BCUT2D eigenvalue weighted by Gasteiger charge is 2.11. The minimum absolute atomic E-state index is 0.0794. The lowest BCUT2D eigenvalue weighted by Gasteiger charge is -2.17. The van der Waals surface area contributed by atoms with Gasteiger partial charge in [0, 0.05) is 29.7 Å². The second-order valence-corrected chi connectivity index (χ2v) is 5.47. The van der Waals surface area contributed by atoms with Gasteiger partial charge in [-0.3, -0.25) is 10.1 Å². The van der Waals surface area contributed by atoms with Crippen molar-refractivity contribution in [2.45, 2.75) is 46.2 Å². The van der Waals surface area contributed by atoms with E-state index in [-0.39, 0.29) is 5.69 Å². The third-order valence-electron chi connectivity index (χ3n) is 3.33. The number of nitrogens with zero attached hydrogens (tertiary/aromatic N) is 1. The Morgan fingerprint density at radius 3 is 2.68 bits per heavy atom. The molecular weight excluding hydrogens is 264 g/mol. The van der Waals surface area contributed by atoms with E-state index < -0.39 is 4.92 Å². The van der Waals surface area contributed by atoms with Crippen molar-refractivity contribution < 1.29 is 4.92 Å². The molecule has 0 aliphatic heterocycles. The molecular formula is C14H21ClN2O2. The molecule has 2 atom stereocenters. The molecule has 0 spiro atoms. The Hall–Kier alpha value is -1.13. The molecule has 19 heavy (non-hydrogen) atoms. The summed E-state index contributed by atoms with van der Waals surface area (Å²) in [5.74, 6) is 0.670. The lowest BCUT2D eigenvalue weighted by Crippen LogP contribution is -2.27. The molecule has 1 N–H and O–H groups in total. The van der Waals surface area contributed by atoms with Gasteiger partial charge < -0.3 is 5.32 Å². The predicted molar refractivity (Wildman–Crippen MR) is 78.5 cm³/mol. The first-order valence-corrected chi connectivity index (χ1v) is 6.98. The van der Waals surface area contributed by atoms with Crippen LogP contribution < -0.4 is 5.32 Å². The van der Waals surface area contributed by atoms with Crippen LogP contribution in [0.15, 0.2) is 18.2 Å². The molecule has 2 unspecified atom stereocenters. The fourth-order valence-corrected chi connectivity index (χ4v) is 2.13. The third-order valence-corrected chi connectivity index (χ3v) is 3.70. The molecule has 0 saturated heterocycles. The number of hydrogen-bond donors (Lipinski definition) is 1. The molecule has 0 aromatic heterocycles. The molecule has 1 aromatic rings. The largest absolute Gasteiger partial charge is 0.310 e. The van der Waals surface area contributed by atoms with Crippen LogP contribution >= 0.6 is 11.6 Å². The van der Waals surface area contributed by atoms with Gasteiger partial charge in [0.15, 0.2) is 0 Å². The molecule has 0 aliphatic rings. The van der Waals surface area contributed by atoms with Gasteiger partial charge in [0.1, 0.15) is 0 Å². The lowest BCUT2D eigenvalue weighted by molar-refractivity contribution is -0.384. The van der Waals surface area contributed by atoms with E-state index in [1.165, 1.54) is 12.1 Å². The molecule has 4 nitrogen and oxygen atoms in total. The quantitative estimate of drug-likeness (QED) is 0.604. The first-order valence-electron chi connectivity index (χ1n) is 6.60. The van der Waals surface area contributed by atoms with Crippen LogP contribution in [0.25, 0.3) is 0 Å². The van der Waals surface area contributed by atoms with Crippen LogP contribution in [0.5, 0.6) is 0 Å². The van der Waals surface area contributed by atoms with Crippen LogP contribution in [0.4, 0.5) is 5.69 Å². The topological polar surface area (TPSA) is 55.2 Å². The Labute approximate surface area is 119 Å². The molecule has 0 fully saturated rings. The molecule has 0 bridgehead atoms. The summed E-state index contributed by atoms with van der Waals surface area (Å²) in [6.07, 6.45) is 2.24. The summed E-state index contributed by atoms with van der Waals surface area (Å²) >= 11 is 6.05. The number of nitro benzene ring substituents is 1. The fraction of sp³-hybridized carbons (Fsp3) is 0.571. The standard InChI is InChI=1S/C14H21ClN2O2/c1-4-10(2)7-11(3)16-9-12-8-13(17(18)19)5-6-14(12)15/h5-6,8,10-11,16H,4,7,9H2,1-3H3. The van der Waals surface area contributed by atoms with Gasteiger partial charge in [-0.15, -0.1) is 0 Å². The van der Waals surface area contributed by atoms with Crippen molar-refractivity contribution in [2.24, 2.45) is 5.92 Å². The van der Waals surface area contributed by atoms with Crippen molar-refractivity contribution >= 4 is 17.3 Å². The molecule has 0 aliphatic carbocycles. The second kappa shape index (κ2) is 7.46. The Morgan fingerprint density at radius 2 is 2.11 bits per heavy atom. The van der Waals surface area contributed by atoms with Crippen molar-refractivity contribution in [3.05, 3.63) is 38.9 Å².